The minimum absolute atomic E-state index is 0.101. The van der Waals surface area contributed by atoms with Gasteiger partial charge in [0.1, 0.15) is 6.10 Å². The number of aliphatic hydroxyl groups excluding tert-OH is 1. The van der Waals surface area contributed by atoms with E-state index >= 15 is 0 Å². The third-order valence-corrected chi connectivity index (χ3v) is 1.15. The standard InChI is InChI=1S/C6H12O3/c1-5(2)6(3-7)9-4-8/h4-7H,3H2,1-2H3. The molecule has 1 unspecified atom stereocenters. The van der Waals surface area contributed by atoms with Gasteiger partial charge in [-0.2, -0.15) is 0 Å². The Morgan fingerprint density at radius 1 is 1.67 bits per heavy atom. The van der Waals surface area contributed by atoms with Crippen LogP contribution in [0.3, 0.4) is 0 Å². The molecule has 0 aromatic rings. The number of ether oxygens (including phenoxy) is 1. The second-order valence-electron chi connectivity index (χ2n) is 2.20. The Hall–Kier alpha value is -0.570. The number of hydrogen-bond donors (Lipinski definition) is 1. The third kappa shape index (κ3) is 3.08. The lowest BCUT2D eigenvalue weighted by molar-refractivity contribution is -0.137. The van der Waals surface area contributed by atoms with Gasteiger partial charge < -0.3 is 9.84 Å². The smallest absolute Gasteiger partial charge is 0.293 e. The van der Waals surface area contributed by atoms with E-state index in [9.17, 15) is 4.79 Å². The van der Waals surface area contributed by atoms with Crippen LogP contribution in [0.25, 0.3) is 0 Å². The summed E-state index contributed by atoms with van der Waals surface area (Å²) >= 11 is 0. The Kier molecular flexibility index (Phi) is 4.05. The highest BCUT2D eigenvalue weighted by molar-refractivity contribution is 5.37. The molecule has 1 atom stereocenters. The van der Waals surface area contributed by atoms with Gasteiger partial charge in [-0.25, -0.2) is 0 Å². The topological polar surface area (TPSA) is 46.5 Å². The van der Waals surface area contributed by atoms with E-state index in [-0.39, 0.29) is 18.6 Å². The first-order valence-corrected chi connectivity index (χ1v) is 2.92. The van der Waals surface area contributed by atoms with Crippen LogP contribution in [0.1, 0.15) is 13.8 Å². The molecule has 0 heterocycles. The fourth-order valence-corrected chi connectivity index (χ4v) is 0.482. The van der Waals surface area contributed by atoms with Gasteiger partial charge in [0, 0.05) is 0 Å². The zero-order valence-corrected chi connectivity index (χ0v) is 5.70. The van der Waals surface area contributed by atoms with Gasteiger partial charge in [-0.3, -0.25) is 4.79 Å². The Morgan fingerprint density at radius 2 is 2.22 bits per heavy atom. The summed E-state index contributed by atoms with van der Waals surface area (Å²) in [5.74, 6) is 0.181. The molecule has 0 fully saturated rings. The first-order chi connectivity index (χ1) is 4.22. The Bertz CT molecular complexity index is 80.4. The molecule has 0 aliphatic rings. The van der Waals surface area contributed by atoms with Crippen LogP contribution in [0.15, 0.2) is 0 Å². The van der Waals surface area contributed by atoms with Crippen molar-refractivity contribution < 1.29 is 14.6 Å². The number of carbonyl (C=O) groups is 1. The molecule has 0 radical (unpaired) electrons. The summed E-state index contributed by atoms with van der Waals surface area (Å²) in [5, 5.41) is 8.54. The van der Waals surface area contributed by atoms with Gasteiger partial charge >= 0.3 is 0 Å². The van der Waals surface area contributed by atoms with Gasteiger partial charge in [0.25, 0.3) is 6.47 Å². The molecule has 0 saturated carbocycles. The summed E-state index contributed by atoms with van der Waals surface area (Å²) in [6.07, 6.45) is -0.345. The first-order valence-electron chi connectivity index (χ1n) is 2.92. The number of carbonyl (C=O) groups excluding carboxylic acids is 1. The summed E-state index contributed by atoms with van der Waals surface area (Å²) in [6.45, 7) is 4.02. The van der Waals surface area contributed by atoms with Crippen LogP contribution >= 0.6 is 0 Å². The fraction of sp³-hybridized carbons (Fsp3) is 0.833. The lowest BCUT2D eigenvalue weighted by atomic mass is 10.1. The van der Waals surface area contributed by atoms with Crippen molar-refractivity contribution in [3.05, 3.63) is 0 Å². The quantitative estimate of drug-likeness (QED) is 0.555. The first kappa shape index (κ1) is 8.43. The normalized spacial score (nSPS) is 13.3. The number of hydrogen-bond acceptors (Lipinski definition) is 3. The molecule has 9 heavy (non-hydrogen) atoms. The molecule has 0 bridgehead atoms. The molecule has 0 amide bonds. The Morgan fingerprint density at radius 3 is 2.33 bits per heavy atom. The molecule has 0 aliphatic carbocycles. The van der Waals surface area contributed by atoms with E-state index in [0.29, 0.717) is 6.47 Å². The predicted octanol–water partition coefficient (Wildman–Crippen LogP) is 0.176. The van der Waals surface area contributed by atoms with E-state index in [4.69, 9.17) is 5.11 Å². The summed E-state index contributed by atoms with van der Waals surface area (Å²) in [5.41, 5.74) is 0. The van der Waals surface area contributed by atoms with Crippen LogP contribution in [-0.4, -0.2) is 24.3 Å². The van der Waals surface area contributed by atoms with E-state index in [2.05, 4.69) is 4.74 Å². The highest BCUT2D eigenvalue weighted by atomic mass is 16.5. The summed E-state index contributed by atoms with van der Waals surface area (Å²) in [7, 11) is 0. The molecule has 0 rings (SSSR count). The summed E-state index contributed by atoms with van der Waals surface area (Å²) < 4.78 is 4.52. The van der Waals surface area contributed by atoms with Crippen molar-refractivity contribution in [1.29, 1.82) is 0 Å². The third-order valence-electron chi connectivity index (χ3n) is 1.15. The molecule has 1 N–H and O–H groups in total. The Labute approximate surface area is 54.6 Å². The van der Waals surface area contributed by atoms with Crippen molar-refractivity contribution >= 4 is 6.47 Å². The molecule has 0 aliphatic heterocycles. The van der Waals surface area contributed by atoms with Gasteiger partial charge in [0.15, 0.2) is 0 Å². The molecule has 3 heteroatoms. The van der Waals surface area contributed by atoms with Crippen molar-refractivity contribution in [3.8, 4) is 0 Å². The van der Waals surface area contributed by atoms with Crippen LogP contribution < -0.4 is 0 Å². The molecule has 0 aromatic heterocycles. The highest BCUT2D eigenvalue weighted by Gasteiger charge is 2.11. The number of rotatable bonds is 4. The molecular formula is C6H12O3. The SMILES string of the molecule is CC(C)C(CO)OC=O. The van der Waals surface area contributed by atoms with Gasteiger partial charge in [-0.15, -0.1) is 0 Å². The lowest BCUT2D eigenvalue weighted by Crippen LogP contribution is -2.23. The predicted molar refractivity (Wildman–Crippen MR) is 32.9 cm³/mol. The van der Waals surface area contributed by atoms with E-state index in [1.807, 2.05) is 13.8 Å². The van der Waals surface area contributed by atoms with E-state index in [1.165, 1.54) is 0 Å². The lowest BCUT2D eigenvalue weighted by Gasteiger charge is -2.14. The highest BCUT2D eigenvalue weighted by Crippen LogP contribution is 2.03. The number of aliphatic hydroxyl groups is 1. The maximum Gasteiger partial charge on any atom is 0.293 e. The van der Waals surface area contributed by atoms with Gasteiger partial charge in [-0.05, 0) is 5.92 Å². The van der Waals surface area contributed by atoms with Crippen molar-refractivity contribution in [1.82, 2.24) is 0 Å². The van der Waals surface area contributed by atoms with Crippen LogP contribution in [0.2, 0.25) is 0 Å². The zero-order chi connectivity index (χ0) is 7.28. The van der Waals surface area contributed by atoms with Crippen LogP contribution in [0.4, 0.5) is 0 Å². The van der Waals surface area contributed by atoms with Crippen molar-refractivity contribution in [2.45, 2.75) is 20.0 Å². The average Bonchev–Trinajstić information content (AvgIpc) is 1.82. The monoisotopic (exact) mass is 132 g/mol. The molecule has 0 saturated heterocycles. The molecular weight excluding hydrogens is 120 g/mol. The van der Waals surface area contributed by atoms with Gasteiger partial charge in [-0.1, -0.05) is 13.8 Å². The largest absolute Gasteiger partial charge is 0.462 e. The van der Waals surface area contributed by atoms with E-state index in [0.717, 1.165) is 0 Å². The minimum Gasteiger partial charge on any atom is -0.462 e. The van der Waals surface area contributed by atoms with Crippen LogP contribution in [0, 0.1) is 5.92 Å². The second kappa shape index (κ2) is 4.32. The van der Waals surface area contributed by atoms with E-state index in [1.54, 1.807) is 0 Å². The fourth-order valence-electron chi connectivity index (χ4n) is 0.482. The van der Waals surface area contributed by atoms with E-state index < -0.39 is 0 Å². The molecule has 0 spiro atoms. The second-order valence-corrected chi connectivity index (χ2v) is 2.20. The maximum atomic E-state index is 9.75. The van der Waals surface area contributed by atoms with Crippen molar-refractivity contribution in [2.24, 2.45) is 5.92 Å². The van der Waals surface area contributed by atoms with Gasteiger partial charge in [0.05, 0.1) is 6.61 Å². The summed E-state index contributed by atoms with van der Waals surface area (Å²) in [6, 6.07) is 0. The van der Waals surface area contributed by atoms with Crippen LogP contribution in [-0.2, 0) is 9.53 Å². The maximum absolute atomic E-state index is 9.75. The minimum atomic E-state index is -0.345. The molecule has 54 valence electrons. The molecule has 3 nitrogen and oxygen atoms in total. The zero-order valence-electron chi connectivity index (χ0n) is 5.70. The summed E-state index contributed by atoms with van der Waals surface area (Å²) in [4.78, 5) is 9.75. The van der Waals surface area contributed by atoms with Crippen molar-refractivity contribution in [2.75, 3.05) is 6.61 Å². The van der Waals surface area contributed by atoms with Crippen molar-refractivity contribution in [3.63, 3.8) is 0 Å². The van der Waals surface area contributed by atoms with Crippen LogP contribution in [0.5, 0.6) is 0 Å². The Balaban J connectivity index is 3.53. The molecule has 0 aromatic carbocycles. The average molecular weight is 132 g/mol. The van der Waals surface area contributed by atoms with Gasteiger partial charge in [0.2, 0.25) is 0 Å².